The smallest absolute Gasteiger partial charge is 0.346 e. The van der Waals surface area contributed by atoms with Crippen molar-refractivity contribution in [3.63, 3.8) is 0 Å². The normalized spacial score (nSPS) is 12.0. The SMILES string of the molecule is COC(=O)C(C)Oc1c(-c2ccc(Cl)cc2)oc2ccc(C)cc2c1=O. The van der Waals surface area contributed by atoms with Crippen LogP contribution in [0.1, 0.15) is 12.5 Å². The highest BCUT2D eigenvalue weighted by molar-refractivity contribution is 6.30. The van der Waals surface area contributed by atoms with Gasteiger partial charge in [0, 0.05) is 10.6 Å². The Labute approximate surface area is 155 Å². The molecule has 3 aromatic rings. The molecule has 0 aliphatic carbocycles. The van der Waals surface area contributed by atoms with Crippen LogP contribution in [0.15, 0.2) is 51.7 Å². The summed E-state index contributed by atoms with van der Waals surface area (Å²) in [6.45, 7) is 3.39. The van der Waals surface area contributed by atoms with Crippen LogP contribution in [0.4, 0.5) is 0 Å². The molecule has 1 atom stereocenters. The number of hydrogen-bond donors (Lipinski definition) is 0. The number of rotatable bonds is 4. The third-order valence-corrected chi connectivity index (χ3v) is 4.19. The van der Waals surface area contributed by atoms with Crippen LogP contribution in [0.25, 0.3) is 22.3 Å². The lowest BCUT2D eigenvalue weighted by molar-refractivity contribution is -0.147. The topological polar surface area (TPSA) is 65.7 Å². The maximum Gasteiger partial charge on any atom is 0.346 e. The van der Waals surface area contributed by atoms with E-state index in [9.17, 15) is 9.59 Å². The van der Waals surface area contributed by atoms with Crippen molar-refractivity contribution in [3.8, 4) is 17.1 Å². The largest absolute Gasteiger partial charge is 0.471 e. The summed E-state index contributed by atoms with van der Waals surface area (Å²) in [5, 5.41) is 0.938. The molecule has 134 valence electrons. The lowest BCUT2D eigenvalue weighted by Crippen LogP contribution is -2.27. The first-order valence-corrected chi connectivity index (χ1v) is 8.36. The van der Waals surface area contributed by atoms with Gasteiger partial charge in [-0.15, -0.1) is 0 Å². The van der Waals surface area contributed by atoms with Gasteiger partial charge in [-0.2, -0.15) is 0 Å². The van der Waals surface area contributed by atoms with E-state index in [0.29, 0.717) is 21.6 Å². The van der Waals surface area contributed by atoms with Gasteiger partial charge in [-0.3, -0.25) is 4.79 Å². The van der Waals surface area contributed by atoms with Gasteiger partial charge in [0.1, 0.15) is 5.58 Å². The van der Waals surface area contributed by atoms with Gasteiger partial charge in [0.15, 0.2) is 11.9 Å². The number of benzene rings is 2. The maximum absolute atomic E-state index is 13.0. The summed E-state index contributed by atoms with van der Waals surface area (Å²) in [5.74, 6) is -0.391. The standard InChI is InChI=1S/C20H17ClO5/c1-11-4-9-16-15(10-11)17(22)19(25-12(2)20(23)24-3)18(26-16)13-5-7-14(21)8-6-13/h4-10,12H,1-3H3. The van der Waals surface area contributed by atoms with Gasteiger partial charge in [0.05, 0.1) is 12.5 Å². The Hall–Kier alpha value is -2.79. The molecule has 3 rings (SSSR count). The molecule has 2 aromatic carbocycles. The zero-order valence-electron chi connectivity index (χ0n) is 14.5. The van der Waals surface area contributed by atoms with Crippen LogP contribution < -0.4 is 10.2 Å². The molecule has 0 spiro atoms. The molecule has 0 radical (unpaired) electrons. The lowest BCUT2D eigenvalue weighted by Gasteiger charge is -2.15. The second kappa shape index (κ2) is 7.22. The Morgan fingerprint density at radius 2 is 1.85 bits per heavy atom. The summed E-state index contributed by atoms with van der Waals surface area (Å²) in [6.07, 6.45) is -0.962. The molecule has 0 N–H and O–H groups in total. The number of ether oxygens (including phenoxy) is 2. The number of methoxy groups -OCH3 is 1. The molecule has 1 heterocycles. The Balaban J connectivity index is 2.25. The molecular weight excluding hydrogens is 356 g/mol. The first-order valence-electron chi connectivity index (χ1n) is 7.98. The maximum atomic E-state index is 13.0. The molecule has 0 saturated carbocycles. The summed E-state index contributed by atoms with van der Waals surface area (Å²) in [7, 11) is 1.26. The molecule has 0 aliphatic heterocycles. The van der Waals surface area contributed by atoms with Crippen LogP contribution in [0, 0.1) is 6.92 Å². The van der Waals surface area contributed by atoms with E-state index in [1.165, 1.54) is 14.0 Å². The van der Waals surface area contributed by atoms with Gasteiger partial charge in [0.2, 0.25) is 11.2 Å². The average Bonchev–Trinajstić information content (AvgIpc) is 2.64. The molecule has 0 saturated heterocycles. The zero-order chi connectivity index (χ0) is 18.8. The second-order valence-electron chi connectivity index (χ2n) is 5.88. The first kappa shape index (κ1) is 18.0. The van der Waals surface area contributed by atoms with E-state index in [0.717, 1.165) is 5.56 Å². The third-order valence-electron chi connectivity index (χ3n) is 3.94. The van der Waals surface area contributed by atoms with Crippen molar-refractivity contribution in [1.82, 2.24) is 0 Å². The molecule has 1 unspecified atom stereocenters. The number of carbonyl (C=O) groups is 1. The Bertz CT molecular complexity index is 1020. The minimum absolute atomic E-state index is 0.0386. The Kier molecular flexibility index (Phi) is 5.00. The lowest BCUT2D eigenvalue weighted by atomic mass is 10.1. The van der Waals surface area contributed by atoms with E-state index in [1.807, 2.05) is 13.0 Å². The monoisotopic (exact) mass is 372 g/mol. The van der Waals surface area contributed by atoms with E-state index in [-0.39, 0.29) is 16.9 Å². The van der Waals surface area contributed by atoms with Crippen LogP contribution in [-0.2, 0) is 9.53 Å². The van der Waals surface area contributed by atoms with Crippen LogP contribution >= 0.6 is 11.6 Å². The van der Waals surface area contributed by atoms with E-state index >= 15 is 0 Å². The molecule has 0 amide bonds. The fourth-order valence-corrected chi connectivity index (χ4v) is 2.71. The highest BCUT2D eigenvalue weighted by Crippen LogP contribution is 2.32. The van der Waals surface area contributed by atoms with Crippen LogP contribution in [-0.4, -0.2) is 19.2 Å². The van der Waals surface area contributed by atoms with E-state index in [2.05, 4.69) is 4.74 Å². The predicted octanol–water partition coefficient (Wildman–Crippen LogP) is 4.36. The summed E-state index contributed by atoms with van der Waals surface area (Å²) in [4.78, 5) is 24.8. The van der Waals surface area contributed by atoms with Crippen molar-refractivity contribution in [2.24, 2.45) is 0 Å². The quantitative estimate of drug-likeness (QED) is 0.636. The van der Waals surface area contributed by atoms with Crippen LogP contribution in [0.5, 0.6) is 5.75 Å². The molecule has 0 bridgehead atoms. The van der Waals surface area contributed by atoms with Crippen molar-refractivity contribution < 1.29 is 18.7 Å². The minimum Gasteiger partial charge on any atom is -0.471 e. The average molecular weight is 373 g/mol. The molecule has 0 aliphatic rings. The highest BCUT2D eigenvalue weighted by atomic mass is 35.5. The van der Waals surface area contributed by atoms with Crippen molar-refractivity contribution >= 4 is 28.5 Å². The predicted molar refractivity (Wildman–Crippen MR) is 99.8 cm³/mol. The van der Waals surface area contributed by atoms with Crippen molar-refractivity contribution in [2.45, 2.75) is 20.0 Å². The van der Waals surface area contributed by atoms with Gasteiger partial charge in [0.25, 0.3) is 0 Å². The molecule has 1 aromatic heterocycles. The number of carbonyl (C=O) groups excluding carboxylic acids is 1. The number of aryl methyl sites for hydroxylation is 1. The van der Waals surface area contributed by atoms with E-state index < -0.39 is 12.1 Å². The number of hydrogen-bond acceptors (Lipinski definition) is 5. The number of halogens is 1. The molecule has 26 heavy (non-hydrogen) atoms. The number of fused-ring (bicyclic) bond motifs is 1. The van der Waals surface area contributed by atoms with Gasteiger partial charge in [-0.25, -0.2) is 4.79 Å². The summed E-state index contributed by atoms with van der Waals surface area (Å²) in [5.41, 5.74) is 1.61. The molecular formula is C20H17ClO5. The summed E-state index contributed by atoms with van der Waals surface area (Å²) < 4.78 is 16.3. The van der Waals surface area contributed by atoms with Crippen molar-refractivity contribution in [2.75, 3.05) is 7.11 Å². The van der Waals surface area contributed by atoms with Crippen LogP contribution in [0.2, 0.25) is 5.02 Å². The van der Waals surface area contributed by atoms with Gasteiger partial charge in [-0.05, 0) is 50.2 Å². The minimum atomic E-state index is -0.962. The van der Waals surface area contributed by atoms with Gasteiger partial charge < -0.3 is 13.9 Å². The fraction of sp³-hybridized carbons (Fsp3) is 0.200. The summed E-state index contributed by atoms with van der Waals surface area (Å²) in [6, 6.07) is 12.1. The van der Waals surface area contributed by atoms with E-state index in [4.69, 9.17) is 20.8 Å². The number of esters is 1. The molecule has 0 fully saturated rings. The van der Waals surface area contributed by atoms with Crippen molar-refractivity contribution in [1.29, 1.82) is 0 Å². The van der Waals surface area contributed by atoms with E-state index in [1.54, 1.807) is 36.4 Å². The van der Waals surface area contributed by atoms with Crippen molar-refractivity contribution in [3.05, 3.63) is 63.3 Å². The molecule has 5 nitrogen and oxygen atoms in total. The summed E-state index contributed by atoms with van der Waals surface area (Å²) >= 11 is 5.94. The van der Waals surface area contributed by atoms with Crippen LogP contribution in [0.3, 0.4) is 0 Å². The third kappa shape index (κ3) is 3.44. The second-order valence-corrected chi connectivity index (χ2v) is 6.32. The Morgan fingerprint density at radius 3 is 2.50 bits per heavy atom. The first-order chi connectivity index (χ1) is 12.4. The molecule has 6 heteroatoms. The van der Waals surface area contributed by atoms with Gasteiger partial charge >= 0.3 is 5.97 Å². The zero-order valence-corrected chi connectivity index (χ0v) is 15.3. The highest BCUT2D eigenvalue weighted by Gasteiger charge is 2.23. The Morgan fingerprint density at radius 1 is 1.15 bits per heavy atom. The van der Waals surface area contributed by atoms with Gasteiger partial charge in [-0.1, -0.05) is 23.2 Å². The fourth-order valence-electron chi connectivity index (χ4n) is 2.58.